The third-order valence-electron chi connectivity index (χ3n) is 3.60. The Morgan fingerprint density at radius 1 is 1.25 bits per heavy atom. The van der Waals surface area contributed by atoms with E-state index in [0.717, 1.165) is 18.8 Å². The molecule has 0 spiro atoms. The molecule has 3 rings (SSSR count). The van der Waals surface area contributed by atoms with Crippen LogP contribution >= 0.6 is 0 Å². The van der Waals surface area contributed by atoms with Gasteiger partial charge in [-0.25, -0.2) is 0 Å². The number of likely N-dealkylation sites (N-methyl/N-ethyl adjacent to an activating group) is 1. The maximum atomic E-state index is 5.71. The lowest BCUT2D eigenvalue weighted by molar-refractivity contribution is 0.329. The summed E-state index contributed by atoms with van der Waals surface area (Å²) in [4.78, 5) is 4.82. The van der Waals surface area contributed by atoms with E-state index >= 15 is 0 Å². The molecule has 84 valence electrons. The van der Waals surface area contributed by atoms with E-state index in [1.54, 1.807) is 0 Å². The highest BCUT2D eigenvalue weighted by molar-refractivity contribution is 5.59. The van der Waals surface area contributed by atoms with Crippen LogP contribution in [-0.4, -0.2) is 31.1 Å². The fraction of sp³-hybridized carbons (Fsp3) is 0.385. The van der Waals surface area contributed by atoms with Crippen molar-refractivity contribution in [3.63, 3.8) is 0 Å². The fourth-order valence-corrected chi connectivity index (χ4v) is 2.70. The molecule has 1 aromatic carbocycles. The van der Waals surface area contributed by atoms with Gasteiger partial charge < -0.3 is 10.6 Å². The molecule has 1 aromatic rings. The molecular formula is C13H17N3. The first-order valence-electron chi connectivity index (χ1n) is 5.79. The molecule has 2 aliphatic rings. The van der Waals surface area contributed by atoms with E-state index in [-0.39, 0.29) is 0 Å². The summed E-state index contributed by atoms with van der Waals surface area (Å²) in [5.74, 6) is 0. The van der Waals surface area contributed by atoms with Crippen LogP contribution in [0.25, 0.3) is 0 Å². The monoisotopic (exact) mass is 215 g/mol. The average Bonchev–Trinajstić information content (AvgIpc) is 2.84. The molecule has 0 aromatic heterocycles. The predicted octanol–water partition coefficient (Wildman–Crippen LogP) is 1.68. The van der Waals surface area contributed by atoms with Crippen molar-refractivity contribution in [2.24, 2.45) is 0 Å². The zero-order chi connectivity index (χ0) is 11.1. The van der Waals surface area contributed by atoms with Gasteiger partial charge in [0.15, 0.2) is 0 Å². The van der Waals surface area contributed by atoms with Crippen LogP contribution in [0.2, 0.25) is 0 Å². The van der Waals surface area contributed by atoms with Crippen molar-refractivity contribution >= 4 is 11.4 Å². The summed E-state index contributed by atoms with van der Waals surface area (Å²) in [6.45, 7) is 2.19. The molecule has 1 saturated heterocycles. The molecule has 0 aliphatic carbocycles. The normalized spacial score (nSPS) is 24.7. The molecule has 2 aliphatic heterocycles. The third kappa shape index (κ3) is 1.39. The van der Waals surface area contributed by atoms with Gasteiger partial charge in [-0.05, 0) is 43.8 Å². The van der Waals surface area contributed by atoms with Gasteiger partial charge in [0, 0.05) is 30.2 Å². The van der Waals surface area contributed by atoms with Crippen molar-refractivity contribution in [1.29, 1.82) is 0 Å². The van der Waals surface area contributed by atoms with E-state index in [9.17, 15) is 0 Å². The Hall–Kier alpha value is -1.48. The number of hydrogen-bond donors (Lipinski definition) is 1. The van der Waals surface area contributed by atoms with Crippen molar-refractivity contribution in [2.75, 3.05) is 30.8 Å². The molecule has 1 atom stereocenters. The topological polar surface area (TPSA) is 32.5 Å². The second-order valence-electron chi connectivity index (χ2n) is 4.62. The van der Waals surface area contributed by atoms with Gasteiger partial charge in [0.25, 0.3) is 0 Å². The summed E-state index contributed by atoms with van der Waals surface area (Å²) < 4.78 is 0. The summed E-state index contributed by atoms with van der Waals surface area (Å²) in [6, 6.07) is 8.79. The van der Waals surface area contributed by atoms with Crippen molar-refractivity contribution in [1.82, 2.24) is 4.90 Å². The second-order valence-corrected chi connectivity index (χ2v) is 4.62. The van der Waals surface area contributed by atoms with Gasteiger partial charge in [0.05, 0.1) is 6.04 Å². The average molecular weight is 215 g/mol. The molecule has 0 amide bonds. The Labute approximate surface area is 96.1 Å². The lowest BCUT2D eigenvalue weighted by Gasteiger charge is -2.21. The van der Waals surface area contributed by atoms with Crippen molar-refractivity contribution in [3.05, 3.63) is 36.0 Å². The maximum absolute atomic E-state index is 5.71. The molecule has 16 heavy (non-hydrogen) atoms. The summed E-state index contributed by atoms with van der Waals surface area (Å²) in [5.41, 5.74) is 9.27. The number of fused-ring (bicyclic) bond motifs is 1. The Morgan fingerprint density at radius 3 is 2.75 bits per heavy atom. The minimum absolute atomic E-state index is 0.623. The molecule has 2 N–H and O–H groups in total. The minimum Gasteiger partial charge on any atom is -0.399 e. The van der Waals surface area contributed by atoms with Crippen LogP contribution in [0.1, 0.15) is 6.42 Å². The summed E-state index contributed by atoms with van der Waals surface area (Å²) >= 11 is 0. The lowest BCUT2D eigenvalue weighted by Crippen LogP contribution is -2.26. The number of benzene rings is 1. The Balaban J connectivity index is 1.89. The van der Waals surface area contributed by atoms with E-state index in [1.165, 1.54) is 17.8 Å². The molecule has 0 saturated carbocycles. The van der Waals surface area contributed by atoms with Crippen LogP contribution in [0, 0.1) is 0 Å². The second kappa shape index (κ2) is 3.52. The first-order chi connectivity index (χ1) is 7.75. The molecule has 1 unspecified atom stereocenters. The largest absolute Gasteiger partial charge is 0.399 e. The van der Waals surface area contributed by atoms with E-state index in [1.807, 2.05) is 12.1 Å². The number of nitrogens with two attached hydrogens (primary N) is 1. The van der Waals surface area contributed by atoms with Crippen LogP contribution in [0.4, 0.5) is 11.4 Å². The number of nitrogen functional groups attached to an aromatic ring is 1. The van der Waals surface area contributed by atoms with Crippen molar-refractivity contribution in [2.45, 2.75) is 12.5 Å². The smallest absolute Gasteiger partial charge is 0.0515 e. The first-order valence-corrected chi connectivity index (χ1v) is 5.79. The van der Waals surface area contributed by atoms with E-state index < -0.39 is 0 Å². The van der Waals surface area contributed by atoms with Crippen LogP contribution in [0.3, 0.4) is 0 Å². The molecule has 1 fully saturated rings. The maximum Gasteiger partial charge on any atom is 0.0515 e. The van der Waals surface area contributed by atoms with Crippen molar-refractivity contribution in [3.8, 4) is 0 Å². The van der Waals surface area contributed by atoms with Gasteiger partial charge >= 0.3 is 0 Å². The van der Waals surface area contributed by atoms with Crippen LogP contribution in [0.5, 0.6) is 0 Å². The zero-order valence-corrected chi connectivity index (χ0v) is 9.56. The minimum atomic E-state index is 0.623. The highest BCUT2D eigenvalue weighted by Crippen LogP contribution is 2.34. The molecular weight excluding hydrogens is 198 g/mol. The van der Waals surface area contributed by atoms with Crippen LogP contribution in [-0.2, 0) is 0 Å². The standard InChI is InChI=1S/C13H17N3/c1-15-8-6-13-12(15)7-9-16(13)11-4-2-10(14)3-5-11/h2-6,12H,7-9,14H2,1H3. The predicted molar refractivity (Wildman–Crippen MR) is 67.3 cm³/mol. The summed E-state index contributed by atoms with van der Waals surface area (Å²) in [6.07, 6.45) is 3.57. The number of rotatable bonds is 1. The SMILES string of the molecule is CN1CC=C2C1CCN2c1ccc(N)cc1. The molecule has 0 bridgehead atoms. The zero-order valence-electron chi connectivity index (χ0n) is 9.56. The van der Waals surface area contributed by atoms with Crippen molar-refractivity contribution < 1.29 is 0 Å². The van der Waals surface area contributed by atoms with Gasteiger partial charge in [-0.1, -0.05) is 0 Å². The van der Waals surface area contributed by atoms with Gasteiger partial charge in [-0.3, -0.25) is 4.90 Å². The van der Waals surface area contributed by atoms with Gasteiger partial charge in [0.2, 0.25) is 0 Å². The number of anilines is 2. The molecule has 3 heteroatoms. The number of hydrogen-bond acceptors (Lipinski definition) is 3. The highest BCUT2D eigenvalue weighted by Gasteiger charge is 2.34. The van der Waals surface area contributed by atoms with Gasteiger partial charge in [-0.15, -0.1) is 0 Å². The third-order valence-corrected chi connectivity index (χ3v) is 3.60. The number of nitrogens with zero attached hydrogens (tertiary/aromatic N) is 2. The van der Waals surface area contributed by atoms with E-state index in [2.05, 4.69) is 35.1 Å². The summed E-state index contributed by atoms with van der Waals surface area (Å²) in [5, 5.41) is 0. The Kier molecular flexibility index (Phi) is 2.14. The Morgan fingerprint density at radius 2 is 2.00 bits per heavy atom. The Bertz CT molecular complexity index is 421. The van der Waals surface area contributed by atoms with Gasteiger partial charge in [-0.2, -0.15) is 0 Å². The molecule has 0 radical (unpaired) electrons. The fourth-order valence-electron chi connectivity index (χ4n) is 2.70. The molecule has 2 heterocycles. The van der Waals surface area contributed by atoms with Crippen LogP contribution in [0.15, 0.2) is 36.0 Å². The first kappa shape index (κ1) is 9.73. The van der Waals surface area contributed by atoms with Gasteiger partial charge in [0.1, 0.15) is 0 Å². The van der Waals surface area contributed by atoms with E-state index in [0.29, 0.717) is 6.04 Å². The van der Waals surface area contributed by atoms with E-state index in [4.69, 9.17) is 5.73 Å². The lowest BCUT2D eigenvalue weighted by atomic mass is 10.2. The van der Waals surface area contributed by atoms with Crippen LogP contribution < -0.4 is 10.6 Å². The quantitative estimate of drug-likeness (QED) is 0.723. The summed E-state index contributed by atoms with van der Waals surface area (Å²) in [7, 11) is 2.20. The molecule has 3 nitrogen and oxygen atoms in total. The highest BCUT2D eigenvalue weighted by atomic mass is 15.3.